The van der Waals surface area contributed by atoms with Crippen molar-refractivity contribution >= 4 is 11.6 Å². The van der Waals surface area contributed by atoms with Crippen LogP contribution in [-0.2, 0) is 13.0 Å². The molecule has 162 valence electrons. The van der Waals surface area contributed by atoms with Gasteiger partial charge in [-0.3, -0.25) is 9.89 Å². The number of piperidine rings is 1. The molecule has 1 fully saturated rings. The first-order valence-corrected chi connectivity index (χ1v) is 11.1. The Labute approximate surface area is 182 Å². The van der Waals surface area contributed by atoms with Gasteiger partial charge in [-0.05, 0) is 49.4 Å². The predicted molar refractivity (Wildman–Crippen MR) is 128 cm³/mol. The van der Waals surface area contributed by atoms with E-state index in [4.69, 9.17) is 0 Å². The van der Waals surface area contributed by atoms with E-state index >= 15 is 0 Å². The molecule has 5 nitrogen and oxygen atoms in total. The number of rotatable bonds is 7. The van der Waals surface area contributed by atoms with Crippen LogP contribution in [0.5, 0.6) is 0 Å². The Morgan fingerprint density at radius 2 is 1.80 bits per heavy atom. The maximum absolute atomic E-state index is 4.44. The summed E-state index contributed by atoms with van der Waals surface area (Å²) in [5.41, 5.74) is 3.97. The molecule has 5 heteroatoms. The Bertz CT molecular complexity index is 785. The first kappa shape index (κ1) is 22.2. The lowest BCUT2D eigenvalue weighted by Crippen LogP contribution is -2.51. The fourth-order valence-corrected chi connectivity index (χ4v) is 4.08. The molecule has 2 N–H and O–H groups in total. The van der Waals surface area contributed by atoms with E-state index in [9.17, 15) is 0 Å². The first-order chi connectivity index (χ1) is 14.5. The molecule has 0 amide bonds. The van der Waals surface area contributed by atoms with Crippen LogP contribution in [0.4, 0.5) is 5.69 Å². The lowest BCUT2D eigenvalue weighted by molar-refractivity contribution is 0.134. The van der Waals surface area contributed by atoms with Gasteiger partial charge in [0, 0.05) is 58.5 Å². The van der Waals surface area contributed by atoms with Gasteiger partial charge in [0.25, 0.3) is 0 Å². The van der Waals surface area contributed by atoms with Crippen molar-refractivity contribution in [1.29, 1.82) is 0 Å². The van der Waals surface area contributed by atoms with Crippen LogP contribution in [-0.4, -0.2) is 57.2 Å². The molecule has 0 spiro atoms. The zero-order valence-corrected chi connectivity index (χ0v) is 18.9. The Kier molecular flexibility index (Phi) is 8.14. The summed E-state index contributed by atoms with van der Waals surface area (Å²) in [5, 5.41) is 7.12. The third kappa shape index (κ3) is 6.49. The minimum atomic E-state index is 0.470. The van der Waals surface area contributed by atoms with Crippen LogP contribution in [0.2, 0.25) is 0 Å². The Morgan fingerprint density at radius 3 is 2.43 bits per heavy atom. The lowest BCUT2D eigenvalue weighted by atomic mass is 9.97. The highest BCUT2D eigenvalue weighted by Gasteiger charge is 2.25. The van der Waals surface area contributed by atoms with Crippen molar-refractivity contribution in [2.45, 2.75) is 44.8 Å². The smallest absolute Gasteiger partial charge is 0.191 e. The highest BCUT2D eigenvalue weighted by molar-refractivity contribution is 5.80. The summed E-state index contributed by atoms with van der Waals surface area (Å²) >= 11 is 0. The molecular weight excluding hydrogens is 370 g/mol. The van der Waals surface area contributed by atoms with Gasteiger partial charge in [0.15, 0.2) is 5.96 Å². The normalized spacial score (nSPS) is 20.1. The molecule has 3 rings (SSSR count). The van der Waals surface area contributed by atoms with Crippen LogP contribution in [0.15, 0.2) is 59.6 Å². The molecule has 1 aliphatic heterocycles. The predicted octanol–water partition coefficient (Wildman–Crippen LogP) is 3.51. The highest BCUT2D eigenvalue weighted by Crippen LogP contribution is 2.20. The van der Waals surface area contributed by atoms with Crippen molar-refractivity contribution in [1.82, 2.24) is 15.5 Å². The number of guanidine groups is 1. The van der Waals surface area contributed by atoms with Crippen molar-refractivity contribution < 1.29 is 0 Å². The number of nitrogens with one attached hydrogen (secondary N) is 2. The molecule has 2 unspecified atom stereocenters. The summed E-state index contributed by atoms with van der Waals surface area (Å²) < 4.78 is 0. The molecule has 0 radical (unpaired) electrons. The average molecular weight is 408 g/mol. The Hall–Kier alpha value is -2.53. The van der Waals surface area contributed by atoms with Gasteiger partial charge in [-0.1, -0.05) is 42.5 Å². The highest BCUT2D eigenvalue weighted by atomic mass is 15.2. The number of aliphatic imine (C=N–C) groups is 1. The van der Waals surface area contributed by atoms with Gasteiger partial charge in [0.05, 0.1) is 0 Å². The van der Waals surface area contributed by atoms with E-state index in [1.165, 1.54) is 16.8 Å². The van der Waals surface area contributed by atoms with Crippen molar-refractivity contribution in [3.05, 3.63) is 65.7 Å². The van der Waals surface area contributed by atoms with Crippen LogP contribution in [0.1, 0.15) is 30.9 Å². The molecule has 30 heavy (non-hydrogen) atoms. The Balaban J connectivity index is 1.41. The third-order valence-corrected chi connectivity index (χ3v) is 5.97. The third-order valence-electron chi connectivity index (χ3n) is 5.97. The summed E-state index contributed by atoms with van der Waals surface area (Å²) in [4.78, 5) is 9.15. The van der Waals surface area contributed by atoms with Gasteiger partial charge in [-0.2, -0.15) is 0 Å². The summed E-state index contributed by atoms with van der Waals surface area (Å²) in [6, 6.07) is 20.6. The van der Waals surface area contributed by atoms with Crippen LogP contribution >= 0.6 is 0 Å². The van der Waals surface area contributed by atoms with Gasteiger partial charge in [0.2, 0.25) is 0 Å². The van der Waals surface area contributed by atoms with Crippen LogP contribution < -0.4 is 15.5 Å². The minimum Gasteiger partial charge on any atom is -0.378 e. The second-order valence-corrected chi connectivity index (χ2v) is 8.48. The summed E-state index contributed by atoms with van der Waals surface area (Å²) in [5.74, 6) is 0.911. The number of benzene rings is 2. The fraction of sp³-hybridized carbons (Fsp3) is 0.480. The van der Waals surface area contributed by atoms with E-state index in [1.807, 2.05) is 7.05 Å². The molecule has 0 bridgehead atoms. The maximum Gasteiger partial charge on any atom is 0.191 e. The van der Waals surface area contributed by atoms with E-state index in [-0.39, 0.29) is 0 Å². The van der Waals surface area contributed by atoms with Crippen molar-refractivity contribution in [3.8, 4) is 0 Å². The van der Waals surface area contributed by atoms with Gasteiger partial charge >= 0.3 is 0 Å². The number of likely N-dealkylation sites (tertiary alicyclic amines) is 1. The van der Waals surface area contributed by atoms with Crippen molar-refractivity contribution in [2.75, 3.05) is 39.1 Å². The Morgan fingerprint density at radius 1 is 1.07 bits per heavy atom. The SMILES string of the molecule is CN=C(NCCc1ccc(N(C)C)cc1)NC1CCN(Cc2ccccc2)C(C)C1. The molecule has 2 aromatic carbocycles. The minimum absolute atomic E-state index is 0.470. The summed E-state index contributed by atoms with van der Waals surface area (Å²) in [6.07, 6.45) is 3.27. The number of anilines is 1. The molecule has 2 atom stereocenters. The number of hydrogen-bond acceptors (Lipinski definition) is 3. The molecule has 1 saturated heterocycles. The standard InChI is InChI=1S/C25H37N5/c1-20-18-23(15-17-30(20)19-22-8-6-5-7-9-22)28-25(26-2)27-16-14-21-10-12-24(13-11-21)29(3)4/h5-13,20,23H,14-19H2,1-4H3,(H2,26,27,28). The summed E-state index contributed by atoms with van der Waals surface area (Å²) in [7, 11) is 5.99. The van der Waals surface area contributed by atoms with Crippen LogP contribution in [0, 0.1) is 0 Å². The number of hydrogen-bond donors (Lipinski definition) is 2. The molecular formula is C25H37N5. The molecule has 1 aliphatic rings. The maximum atomic E-state index is 4.44. The van der Waals surface area contributed by atoms with Gasteiger partial charge in [-0.15, -0.1) is 0 Å². The zero-order chi connectivity index (χ0) is 21.3. The second-order valence-electron chi connectivity index (χ2n) is 8.48. The van der Waals surface area contributed by atoms with E-state index in [1.54, 1.807) is 0 Å². The van der Waals surface area contributed by atoms with Gasteiger partial charge < -0.3 is 15.5 Å². The van der Waals surface area contributed by atoms with E-state index in [2.05, 4.69) is 101 Å². The van der Waals surface area contributed by atoms with E-state index < -0.39 is 0 Å². The quantitative estimate of drug-likeness (QED) is 0.544. The molecule has 0 aromatic heterocycles. The van der Waals surface area contributed by atoms with E-state index in [0.29, 0.717) is 12.1 Å². The molecule has 0 saturated carbocycles. The largest absolute Gasteiger partial charge is 0.378 e. The topological polar surface area (TPSA) is 42.9 Å². The molecule has 1 heterocycles. The first-order valence-electron chi connectivity index (χ1n) is 11.1. The van der Waals surface area contributed by atoms with Crippen molar-refractivity contribution in [2.24, 2.45) is 4.99 Å². The van der Waals surface area contributed by atoms with Gasteiger partial charge in [-0.25, -0.2) is 0 Å². The van der Waals surface area contributed by atoms with E-state index in [0.717, 1.165) is 44.9 Å². The molecule has 2 aromatic rings. The number of nitrogens with zero attached hydrogens (tertiary/aromatic N) is 3. The monoisotopic (exact) mass is 407 g/mol. The van der Waals surface area contributed by atoms with Gasteiger partial charge in [0.1, 0.15) is 0 Å². The average Bonchev–Trinajstić information content (AvgIpc) is 2.76. The summed E-state index contributed by atoms with van der Waals surface area (Å²) in [6.45, 7) is 5.37. The zero-order valence-electron chi connectivity index (χ0n) is 18.9. The van der Waals surface area contributed by atoms with Crippen molar-refractivity contribution in [3.63, 3.8) is 0 Å². The van der Waals surface area contributed by atoms with Crippen LogP contribution in [0.25, 0.3) is 0 Å². The second kappa shape index (κ2) is 11.0. The fourth-order valence-electron chi connectivity index (χ4n) is 4.08. The lowest BCUT2D eigenvalue weighted by Gasteiger charge is -2.38. The molecule has 0 aliphatic carbocycles. The van der Waals surface area contributed by atoms with Crippen LogP contribution in [0.3, 0.4) is 0 Å².